The molecule has 1 fully saturated rings. The molecule has 0 radical (unpaired) electrons. The molecule has 1 N–H and O–H groups in total. The Balaban J connectivity index is 2.13. The van der Waals surface area contributed by atoms with Gasteiger partial charge in [0, 0.05) is 20.1 Å². The number of ether oxygens (including phenoxy) is 1. The second-order valence-corrected chi connectivity index (χ2v) is 3.57. The van der Waals surface area contributed by atoms with Crippen LogP contribution in [0, 0.1) is 5.92 Å². The van der Waals surface area contributed by atoms with Gasteiger partial charge in [-0.05, 0) is 18.8 Å². The highest BCUT2D eigenvalue weighted by Gasteiger charge is 2.18. The lowest BCUT2D eigenvalue weighted by Crippen LogP contribution is -2.35. The van der Waals surface area contributed by atoms with Gasteiger partial charge in [-0.3, -0.25) is 4.79 Å². The Morgan fingerprint density at radius 1 is 1.58 bits per heavy atom. The molecule has 1 amide bonds. The van der Waals surface area contributed by atoms with E-state index in [0.717, 1.165) is 13.0 Å². The van der Waals surface area contributed by atoms with Crippen LogP contribution in [-0.2, 0) is 9.53 Å². The van der Waals surface area contributed by atoms with Gasteiger partial charge in [-0.15, -0.1) is 0 Å². The van der Waals surface area contributed by atoms with Crippen LogP contribution in [0.2, 0.25) is 0 Å². The lowest BCUT2D eigenvalue weighted by Gasteiger charge is -2.26. The second kappa shape index (κ2) is 4.45. The minimum absolute atomic E-state index is 0.0252. The first-order valence-corrected chi connectivity index (χ1v) is 4.54. The molecule has 12 heavy (non-hydrogen) atoms. The predicted molar refractivity (Wildman–Crippen MR) is 46.8 cm³/mol. The predicted octanol–water partition coefficient (Wildman–Crippen LogP) is 0.938. The quantitative estimate of drug-likeness (QED) is 0.671. The van der Waals surface area contributed by atoms with Gasteiger partial charge in [-0.1, -0.05) is 6.92 Å². The molecular weight excluding hydrogens is 154 g/mol. The number of hydrogen-bond acceptors (Lipinski definition) is 2. The second-order valence-electron chi connectivity index (χ2n) is 3.57. The van der Waals surface area contributed by atoms with Gasteiger partial charge in [-0.25, -0.2) is 0 Å². The molecule has 0 aromatic rings. The molecule has 0 aromatic carbocycles. The van der Waals surface area contributed by atoms with Crippen LogP contribution in [0.3, 0.4) is 0 Å². The Morgan fingerprint density at radius 2 is 2.33 bits per heavy atom. The van der Waals surface area contributed by atoms with Crippen LogP contribution >= 0.6 is 0 Å². The van der Waals surface area contributed by atoms with Gasteiger partial charge in [0.15, 0.2) is 0 Å². The number of carbonyl (C=O) groups excluding carboxylic acids is 1. The van der Waals surface area contributed by atoms with Crippen molar-refractivity contribution in [2.24, 2.45) is 5.92 Å². The zero-order valence-electron chi connectivity index (χ0n) is 7.80. The molecule has 0 aromatic heterocycles. The SMILES string of the molecule is CC(=O)NC[C@@H]1CC[C@@H](C)CO1. The molecule has 1 saturated heterocycles. The summed E-state index contributed by atoms with van der Waals surface area (Å²) in [5.41, 5.74) is 0. The van der Waals surface area contributed by atoms with Gasteiger partial charge < -0.3 is 10.1 Å². The molecule has 1 aliphatic rings. The first-order valence-electron chi connectivity index (χ1n) is 4.54. The molecule has 3 nitrogen and oxygen atoms in total. The summed E-state index contributed by atoms with van der Waals surface area (Å²) in [6, 6.07) is 0. The van der Waals surface area contributed by atoms with Crippen molar-refractivity contribution in [3.8, 4) is 0 Å². The number of hydrogen-bond donors (Lipinski definition) is 1. The minimum atomic E-state index is 0.0252. The molecule has 0 spiro atoms. The molecule has 0 unspecified atom stereocenters. The van der Waals surface area contributed by atoms with E-state index in [1.807, 2.05) is 0 Å². The third-order valence-electron chi connectivity index (χ3n) is 2.18. The average molecular weight is 171 g/mol. The normalized spacial score (nSPS) is 29.8. The van der Waals surface area contributed by atoms with E-state index in [0.29, 0.717) is 12.5 Å². The number of amides is 1. The van der Waals surface area contributed by atoms with Crippen molar-refractivity contribution < 1.29 is 9.53 Å². The maximum atomic E-state index is 10.6. The van der Waals surface area contributed by atoms with Gasteiger partial charge in [-0.2, -0.15) is 0 Å². The Morgan fingerprint density at radius 3 is 2.83 bits per heavy atom. The first kappa shape index (κ1) is 9.52. The van der Waals surface area contributed by atoms with E-state index >= 15 is 0 Å². The first-order chi connectivity index (χ1) is 5.68. The third-order valence-corrected chi connectivity index (χ3v) is 2.18. The zero-order chi connectivity index (χ0) is 8.97. The van der Waals surface area contributed by atoms with E-state index in [1.165, 1.54) is 13.3 Å². The summed E-state index contributed by atoms with van der Waals surface area (Å²) in [7, 11) is 0. The van der Waals surface area contributed by atoms with Gasteiger partial charge in [0.05, 0.1) is 6.10 Å². The lowest BCUT2D eigenvalue weighted by molar-refractivity contribution is -0.120. The van der Waals surface area contributed by atoms with E-state index in [4.69, 9.17) is 4.74 Å². The summed E-state index contributed by atoms with van der Waals surface area (Å²) < 4.78 is 5.53. The maximum Gasteiger partial charge on any atom is 0.216 e. The fraction of sp³-hybridized carbons (Fsp3) is 0.889. The van der Waals surface area contributed by atoms with Crippen LogP contribution < -0.4 is 5.32 Å². The Bertz CT molecular complexity index is 151. The van der Waals surface area contributed by atoms with Crippen LogP contribution in [0.4, 0.5) is 0 Å². The van der Waals surface area contributed by atoms with E-state index in [9.17, 15) is 4.79 Å². The van der Waals surface area contributed by atoms with Crippen molar-refractivity contribution in [2.45, 2.75) is 32.8 Å². The van der Waals surface area contributed by atoms with E-state index in [1.54, 1.807) is 0 Å². The lowest BCUT2D eigenvalue weighted by atomic mass is 10.0. The number of nitrogens with one attached hydrogen (secondary N) is 1. The molecule has 1 heterocycles. The smallest absolute Gasteiger partial charge is 0.216 e. The molecule has 0 bridgehead atoms. The summed E-state index contributed by atoms with van der Waals surface area (Å²) in [4.78, 5) is 10.6. The monoisotopic (exact) mass is 171 g/mol. The largest absolute Gasteiger partial charge is 0.376 e. The minimum Gasteiger partial charge on any atom is -0.376 e. The Labute approximate surface area is 73.5 Å². The van der Waals surface area contributed by atoms with Gasteiger partial charge >= 0.3 is 0 Å². The fourth-order valence-electron chi connectivity index (χ4n) is 1.36. The average Bonchev–Trinajstić information content (AvgIpc) is 2.03. The van der Waals surface area contributed by atoms with Crippen molar-refractivity contribution in [3.05, 3.63) is 0 Å². The van der Waals surface area contributed by atoms with Crippen molar-refractivity contribution in [3.63, 3.8) is 0 Å². The van der Waals surface area contributed by atoms with E-state index in [2.05, 4.69) is 12.2 Å². The summed E-state index contributed by atoms with van der Waals surface area (Å²) in [6.07, 6.45) is 2.52. The summed E-state index contributed by atoms with van der Waals surface area (Å²) in [6.45, 7) is 5.23. The van der Waals surface area contributed by atoms with Crippen LogP contribution in [-0.4, -0.2) is 25.2 Å². The molecule has 70 valence electrons. The van der Waals surface area contributed by atoms with E-state index < -0.39 is 0 Å². The van der Waals surface area contributed by atoms with Crippen LogP contribution in [0.5, 0.6) is 0 Å². The van der Waals surface area contributed by atoms with Crippen molar-refractivity contribution in [1.82, 2.24) is 5.32 Å². The van der Waals surface area contributed by atoms with Crippen molar-refractivity contribution in [1.29, 1.82) is 0 Å². The van der Waals surface area contributed by atoms with Crippen LogP contribution in [0.25, 0.3) is 0 Å². The standard InChI is InChI=1S/C9H17NO2/c1-7-3-4-9(12-6-7)5-10-8(2)11/h7,9H,3-6H2,1-2H3,(H,10,11)/t7-,9+/m1/s1. The highest BCUT2D eigenvalue weighted by Crippen LogP contribution is 2.17. The molecular formula is C9H17NO2. The maximum absolute atomic E-state index is 10.6. The van der Waals surface area contributed by atoms with Gasteiger partial charge in [0.2, 0.25) is 5.91 Å². The molecule has 1 aliphatic heterocycles. The summed E-state index contributed by atoms with van der Waals surface area (Å²) >= 11 is 0. The number of carbonyl (C=O) groups is 1. The molecule has 0 saturated carbocycles. The molecule has 0 aliphatic carbocycles. The van der Waals surface area contributed by atoms with Crippen LogP contribution in [0.15, 0.2) is 0 Å². The number of rotatable bonds is 2. The molecule has 1 rings (SSSR count). The Kier molecular flexibility index (Phi) is 3.53. The fourth-order valence-corrected chi connectivity index (χ4v) is 1.36. The van der Waals surface area contributed by atoms with Crippen molar-refractivity contribution in [2.75, 3.05) is 13.2 Å². The summed E-state index contributed by atoms with van der Waals surface area (Å²) in [5.74, 6) is 0.704. The molecule has 3 heteroatoms. The van der Waals surface area contributed by atoms with Gasteiger partial charge in [0.1, 0.15) is 0 Å². The highest BCUT2D eigenvalue weighted by molar-refractivity contribution is 5.72. The van der Waals surface area contributed by atoms with Gasteiger partial charge in [0.25, 0.3) is 0 Å². The summed E-state index contributed by atoms with van der Waals surface area (Å²) in [5, 5.41) is 2.77. The molecule has 2 atom stereocenters. The van der Waals surface area contributed by atoms with Crippen LogP contribution in [0.1, 0.15) is 26.7 Å². The third kappa shape index (κ3) is 3.22. The van der Waals surface area contributed by atoms with E-state index in [-0.39, 0.29) is 12.0 Å². The zero-order valence-corrected chi connectivity index (χ0v) is 7.80. The highest BCUT2D eigenvalue weighted by atomic mass is 16.5. The van der Waals surface area contributed by atoms with Crippen molar-refractivity contribution >= 4 is 5.91 Å². The topological polar surface area (TPSA) is 38.3 Å². The Hall–Kier alpha value is -0.570.